The van der Waals surface area contributed by atoms with Crippen molar-refractivity contribution in [1.82, 2.24) is 4.90 Å². The van der Waals surface area contributed by atoms with Crippen LogP contribution in [0.2, 0.25) is 0 Å². The second kappa shape index (κ2) is 10.3. The minimum Gasteiger partial charge on any atom is -0.382 e. The molecule has 0 aromatic heterocycles. The van der Waals surface area contributed by atoms with E-state index in [0.717, 1.165) is 51.0 Å². The molecule has 4 nitrogen and oxygen atoms in total. The van der Waals surface area contributed by atoms with Crippen molar-refractivity contribution in [1.29, 1.82) is 0 Å². The predicted molar refractivity (Wildman–Crippen MR) is 71.9 cm³/mol. The maximum atomic E-state index is 5.72. The summed E-state index contributed by atoms with van der Waals surface area (Å²) in [4.78, 5) is 2.45. The smallest absolute Gasteiger partial charge is 0.0700 e. The lowest BCUT2D eigenvalue weighted by Gasteiger charge is -2.31. The van der Waals surface area contributed by atoms with E-state index in [1.54, 1.807) is 7.11 Å². The van der Waals surface area contributed by atoms with Crippen molar-refractivity contribution in [3.63, 3.8) is 0 Å². The molecule has 0 aromatic carbocycles. The zero-order valence-electron chi connectivity index (χ0n) is 10.7. The summed E-state index contributed by atoms with van der Waals surface area (Å²) in [7, 11) is 1.70. The van der Waals surface area contributed by atoms with E-state index in [2.05, 4.69) is 20.8 Å². The number of likely N-dealkylation sites (tertiary alicyclic amines) is 1. The van der Waals surface area contributed by atoms with Crippen LogP contribution in [-0.4, -0.2) is 69.5 Å². The van der Waals surface area contributed by atoms with Gasteiger partial charge in [-0.1, -0.05) is 15.9 Å². The lowest BCUT2D eigenvalue weighted by molar-refractivity contribution is 0.00475. The lowest BCUT2D eigenvalue weighted by atomic mass is 10.1. The van der Waals surface area contributed by atoms with Gasteiger partial charge in [-0.25, -0.2) is 0 Å². The highest BCUT2D eigenvalue weighted by atomic mass is 79.9. The summed E-state index contributed by atoms with van der Waals surface area (Å²) in [6.07, 6.45) is 2.74. The second-order valence-electron chi connectivity index (χ2n) is 4.21. The van der Waals surface area contributed by atoms with E-state index in [-0.39, 0.29) is 0 Å². The SMILES string of the molecule is COCCOCCN1CCC(OCCBr)CC1. The normalized spacial score (nSPS) is 18.7. The van der Waals surface area contributed by atoms with Gasteiger partial charge in [-0.2, -0.15) is 0 Å². The minimum absolute atomic E-state index is 0.457. The Bertz CT molecular complexity index is 172. The number of hydrogen-bond acceptors (Lipinski definition) is 4. The summed E-state index contributed by atoms with van der Waals surface area (Å²) in [6, 6.07) is 0. The van der Waals surface area contributed by atoms with Crippen molar-refractivity contribution in [2.45, 2.75) is 18.9 Å². The van der Waals surface area contributed by atoms with Gasteiger partial charge in [0.05, 0.1) is 32.5 Å². The molecule has 1 heterocycles. The van der Waals surface area contributed by atoms with Crippen LogP contribution in [0.25, 0.3) is 0 Å². The van der Waals surface area contributed by atoms with Crippen LogP contribution in [0, 0.1) is 0 Å². The Kier molecular flexibility index (Phi) is 9.28. The van der Waals surface area contributed by atoms with Crippen molar-refractivity contribution in [3.05, 3.63) is 0 Å². The Morgan fingerprint density at radius 3 is 2.53 bits per heavy atom. The van der Waals surface area contributed by atoms with E-state index >= 15 is 0 Å². The van der Waals surface area contributed by atoms with Crippen LogP contribution in [0.15, 0.2) is 0 Å². The average Bonchev–Trinajstić information content (AvgIpc) is 2.37. The molecular weight excluding hydrogens is 286 g/mol. The van der Waals surface area contributed by atoms with Crippen LogP contribution in [0.3, 0.4) is 0 Å². The average molecular weight is 310 g/mol. The molecule has 17 heavy (non-hydrogen) atoms. The highest BCUT2D eigenvalue weighted by Gasteiger charge is 2.18. The third-order valence-corrected chi connectivity index (χ3v) is 3.27. The number of alkyl halides is 1. The van der Waals surface area contributed by atoms with Crippen molar-refractivity contribution in [2.75, 3.05) is 58.5 Å². The molecule has 1 aliphatic rings. The first-order valence-corrected chi connectivity index (χ1v) is 7.45. The fourth-order valence-electron chi connectivity index (χ4n) is 1.95. The third kappa shape index (κ3) is 7.36. The molecule has 1 saturated heterocycles. The van der Waals surface area contributed by atoms with Crippen molar-refractivity contribution < 1.29 is 14.2 Å². The van der Waals surface area contributed by atoms with Gasteiger partial charge in [-0.3, -0.25) is 0 Å². The molecule has 0 saturated carbocycles. The minimum atomic E-state index is 0.457. The fraction of sp³-hybridized carbons (Fsp3) is 1.00. The molecule has 1 aliphatic heterocycles. The zero-order valence-corrected chi connectivity index (χ0v) is 12.3. The molecule has 1 rings (SSSR count). The number of ether oxygens (including phenoxy) is 3. The standard InChI is InChI=1S/C12H24BrNO3/c1-15-10-11-16-9-7-14-5-2-12(3-6-14)17-8-4-13/h12H,2-11H2,1H3. The van der Waals surface area contributed by atoms with Crippen LogP contribution in [0.4, 0.5) is 0 Å². The number of piperidine rings is 1. The van der Waals surface area contributed by atoms with Gasteiger partial charge >= 0.3 is 0 Å². The first-order chi connectivity index (χ1) is 8.36. The highest BCUT2D eigenvalue weighted by molar-refractivity contribution is 9.09. The molecular formula is C12H24BrNO3. The van der Waals surface area contributed by atoms with Crippen molar-refractivity contribution in [3.8, 4) is 0 Å². The molecule has 1 fully saturated rings. The molecule has 0 radical (unpaired) electrons. The number of halogens is 1. The maximum absolute atomic E-state index is 5.72. The summed E-state index contributed by atoms with van der Waals surface area (Å²) in [6.45, 7) is 6.28. The third-order valence-electron chi connectivity index (χ3n) is 2.95. The van der Waals surface area contributed by atoms with E-state index < -0.39 is 0 Å². The van der Waals surface area contributed by atoms with E-state index in [1.807, 2.05) is 0 Å². The summed E-state index contributed by atoms with van der Waals surface area (Å²) in [5.41, 5.74) is 0. The van der Waals surface area contributed by atoms with Crippen LogP contribution in [-0.2, 0) is 14.2 Å². The highest BCUT2D eigenvalue weighted by Crippen LogP contribution is 2.13. The molecule has 0 aliphatic carbocycles. The number of rotatable bonds is 9. The monoisotopic (exact) mass is 309 g/mol. The number of nitrogens with zero attached hydrogens (tertiary/aromatic N) is 1. The predicted octanol–water partition coefficient (Wildman–Crippen LogP) is 1.53. The van der Waals surface area contributed by atoms with Gasteiger partial charge in [-0.15, -0.1) is 0 Å². The summed E-state index contributed by atoms with van der Waals surface area (Å²) >= 11 is 3.38. The van der Waals surface area contributed by atoms with E-state index in [4.69, 9.17) is 14.2 Å². The Labute approximate surface area is 113 Å². The van der Waals surface area contributed by atoms with Crippen LogP contribution in [0.5, 0.6) is 0 Å². The topological polar surface area (TPSA) is 30.9 Å². The van der Waals surface area contributed by atoms with Gasteiger partial charge in [-0.05, 0) is 12.8 Å². The fourth-order valence-corrected chi connectivity index (χ4v) is 2.14. The molecule has 0 atom stereocenters. The lowest BCUT2D eigenvalue weighted by Crippen LogP contribution is -2.39. The van der Waals surface area contributed by atoms with Crippen LogP contribution >= 0.6 is 15.9 Å². The Hall–Kier alpha value is 0.320. The van der Waals surface area contributed by atoms with Crippen molar-refractivity contribution >= 4 is 15.9 Å². The molecule has 0 unspecified atom stereocenters. The molecule has 0 spiro atoms. The quantitative estimate of drug-likeness (QED) is 0.477. The van der Waals surface area contributed by atoms with Gasteiger partial charge in [0.15, 0.2) is 0 Å². The van der Waals surface area contributed by atoms with Gasteiger partial charge in [0.1, 0.15) is 0 Å². The van der Waals surface area contributed by atoms with Crippen molar-refractivity contribution in [2.24, 2.45) is 0 Å². The number of hydrogen-bond donors (Lipinski definition) is 0. The maximum Gasteiger partial charge on any atom is 0.0700 e. The van der Waals surface area contributed by atoms with Gasteiger partial charge in [0.25, 0.3) is 0 Å². The molecule has 0 aromatic rings. The number of methoxy groups -OCH3 is 1. The van der Waals surface area contributed by atoms with E-state index in [1.165, 1.54) is 0 Å². The molecule has 0 N–H and O–H groups in total. The van der Waals surface area contributed by atoms with Crippen LogP contribution < -0.4 is 0 Å². The largest absolute Gasteiger partial charge is 0.382 e. The van der Waals surface area contributed by atoms with E-state index in [9.17, 15) is 0 Å². The molecule has 5 heteroatoms. The molecule has 0 bridgehead atoms. The summed E-state index contributed by atoms with van der Waals surface area (Å²) < 4.78 is 16.1. The summed E-state index contributed by atoms with van der Waals surface area (Å²) in [5.74, 6) is 0. The van der Waals surface area contributed by atoms with Crippen LogP contribution in [0.1, 0.15) is 12.8 Å². The van der Waals surface area contributed by atoms with Gasteiger partial charge in [0, 0.05) is 32.1 Å². The Morgan fingerprint density at radius 2 is 1.88 bits per heavy atom. The Balaban J connectivity index is 1.95. The first kappa shape index (κ1) is 15.4. The molecule has 0 amide bonds. The zero-order chi connectivity index (χ0) is 12.3. The Morgan fingerprint density at radius 1 is 1.12 bits per heavy atom. The van der Waals surface area contributed by atoms with E-state index in [0.29, 0.717) is 19.3 Å². The first-order valence-electron chi connectivity index (χ1n) is 6.33. The molecule has 102 valence electrons. The summed E-state index contributed by atoms with van der Waals surface area (Å²) in [5, 5.41) is 0.931. The van der Waals surface area contributed by atoms with Gasteiger partial charge in [0.2, 0.25) is 0 Å². The second-order valence-corrected chi connectivity index (χ2v) is 5.00. The van der Waals surface area contributed by atoms with Gasteiger partial charge < -0.3 is 19.1 Å².